The first-order valence-corrected chi connectivity index (χ1v) is 7.71. The number of unbranched alkanes of at least 4 members (excludes halogenated alkanes) is 6. The molecule has 1 amide bonds. The molecule has 0 aliphatic heterocycles. The SMILES string of the molecule is CCCCCCCCCOC(=O)[C@H](C)NC(=O)OCC. The number of carbonyl (C=O) groups is 2. The molecule has 0 aromatic heterocycles. The third-order valence-electron chi connectivity index (χ3n) is 2.96. The number of esters is 1. The third kappa shape index (κ3) is 10.6. The van der Waals surface area contributed by atoms with Crippen LogP contribution in [-0.4, -0.2) is 31.3 Å². The lowest BCUT2D eigenvalue weighted by molar-refractivity contribution is -0.145. The van der Waals surface area contributed by atoms with E-state index in [0.717, 1.165) is 12.8 Å². The summed E-state index contributed by atoms with van der Waals surface area (Å²) in [5.74, 6) is -0.413. The van der Waals surface area contributed by atoms with E-state index in [0.29, 0.717) is 6.61 Å². The standard InChI is InChI=1S/C15H29NO4/c1-4-6-7-8-9-10-11-12-20-14(17)13(3)16-15(18)19-5-2/h13H,4-12H2,1-3H3,(H,16,18)/t13-/m0/s1. The van der Waals surface area contributed by atoms with Crippen LogP contribution >= 0.6 is 0 Å². The van der Waals surface area contributed by atoms with Gasteiger partial charge in [-0.15, -0.1) is 0 Å². The van der Waals surface area contributed by atoms with Crippen LogP contribution < -0.4 is 5.32 Å². The van der Waals surface area contributed by atoms with Crippen LogP contribution in [-0.2, 0) is 14.3 Å². The fraction of sp³-hybridized carbons (Fsp3) is 0.867. The van der Waals surface area contributed by atoms with Gasteiger partial charge in [0.15, 0.2) is 0 Å². The smallest absolute Gasteiger partial charge is 0.407 e. The molecule has 1 atom stereocenters. The average molecular weight is 287 g/mol. The molecule has 0 heterocycles. The van der Waals surface area contributed by atoms with E-state index in [1.165, 1.54) is 32.1 Å². The highest BCUT2D eigenvalue weighted by Gasteiger charge is 2.17. The molecule has 20 heavy (non-hydrogen) atoms. The predicted molar refractivity (Wildman–Crippen MR) is 78.6 cm³/mol. The van der Waals surface area contributed by atoms with Gasteiger partial charge in [0.1, 0.15) is 6.04 Å². The van der Waals surface area contributed by atoms with Crippen LogP contribution in [0.25, 0.3) is 0 Å². The first-order chi connectivity index (χ1) is 9.61. The maximum absolute atomic E-state index is 11.6. The zero-order chi connectivity index (χ0) is 15.2. The lowest BCUT2D eigenvalue weighted by Crippen LogP contribution is -2.39. The number of nitrogens with one attached hydrogen (secondary N) is 1. The Labute approximate surface area is 122 Å². The van der Waals surface area contributed by atoms with Gasteiger partial charge in [0, 0.05) is 0 Å². The van der Waals surface area contributed by atoms with Crippen molar-refractivity contribution in [1.82, 2.24) is 5.32 Å². The van der Waals surface area contributed by atoms with Gasteiger partial charge in [0.25, 0.3) is 0 Å². The van der Waals surface area contributed by atoms with Gasteiger partial charge < -0.3 is 14.8 Å². The molecule has 0 spiro atoms. The van der Waals surface area contributed by atoms with Crippen molar-refractivity contribution in [2.24, 2.45) is 0 Å². The second-order valence-corrected chi connectivity index (χ2v) is 4.88. The highest BCUT2D eigenvalue weighted by Crippen LogP contribution is 2.07. The maximum Gasteiger partial charge on any atom is 0.407 e. The first kappa shape index (κ1) is 18.7. The molecule has 5 nitrogen and oxygen atoms in total. The van der Waals surface area contributed by atoms with Gasteiger partial charge in [-0.3, -0.25) is 0 Å². The van der Waals surface area contributed by atoms with Crippen molar-refractivity contribution in [2.75, 3.05) is 13.2 Å². The molecule has 0 bridgehead atoms. The molecule has 0 aromatic carbocycles. The zero-order valence-corrected chi connectivity index (χ0v) is 13.1. The van der Waals surface area contributed by atoms with Gasteiger partial charge in [0.2, 0.25) is 0 Å². The molecule has 118 valence electrons. The Balaban J connectivity index is 3.50. The minimum Gasteiger partial charge on any atom is -0.464 e. The van der Waals surface area contributed by atoms with Crippen LogP contribution in [0, 0.1) is 0 Å². The number of alkyl carbamates (subject to hydrolysis) is 1. The molecule has 0 radical (unpaired) electrons. The van der Waals surface area contributed by atoms with Crippen molar-refractivity contribution in [3.63, 3.8) is 0 Å². The van der Waals surface area contributed by atoms with Crippen molar-refractivity contribution in [3.8, 4) is 0 Å². The Kier molecular flexibility index (Phi) is 12.0. The second kappa shape index (κ2) is 12.8. The summed E-state index contributed by atoms with van der Waals surface area (Å²) in [6.07, 6.45) is 7.65. The molecular weight excluding hydrogens is 258 g/mol. The molecule has 0 fully saturated rings. The molecule has 0 rings (SSSR count). The summed E-state index contributed by atoms with van der Waals surface area (Å²) < 4.78 is 9.80. The second-order valence-electron chi connectivity index (χ2n) is 4.88. The summed E-state index contributed by atoms with van der Waals surface area (Å²) in [5.41, 5.74) is 0. The molecule has 0 saturated heterocycles. The van der Waals surface area contributed by atoms with E-state index in [2.05, 4.69) is 12.2 Å². The molecule has 0 aliphatic rings. The van der Waals surface area contributed by atoms with Crippen molar-refractivity contribution in [2.45, 2.75) is 71.8 Å². The van der Waals surface area contributed by atoms with Gasteiger partial charge in [-0.2, -0.15) is 0 Å². The lowest BCUT2D eigenvalue weighted by atomic mass is 10.1. The fourth-order valence-electron chi connectivity index (χ4n) is 1.77. The summed E-state index contributed by atoms with van der Waals surface area (Å²) in [6.45, 7) is 6.20. The minimum absolute atomic E-state index is 0.283. The average Bonchev–Trinajstić information content (AvgIpc) is 2.41. The number of hydrogen-bond acceptors (Lipinski definition) is 4. The molecule has 1 N–H and O–H groups in total. The van der Waals surface area contributed by atoms with Crippen LogP contribution in [0.3, 0.4) is 0 Å². The van der Waals surface area contributed by atoms with Crippen molar-refractivity contribution < 1.29 is 19.1 Å². The Hall–Kier alpha value is -1.26. The van der Waals surface area contributed by atoms with Gasteiger partial charge in [-0.1, -0.05) is 45.4 Å². The minimum atomic E-state index is -0.668. The van der Waals surface area contributed by atoms with E-state index in [-0.39, 0.29) is 6.61 Å². The normalized spacial score (nSPS) is 11.8. The van der Waals surface area contributed by atoms with E-state index in [9.17, 15) is 9.59 Å². The summed E-state index contributed by atoms with van der Waals surface area (Å²) in [6, 6.07) is -0.668. The Bertz CT molecular complexity index is 269. The van der Waals surface area contributed by atoms with Gasteiger partial charge in [-0.05, 0) is 20.3 Å². The van der Waals surface area contributed by atoms with Crippen LogP contribution in [0.5, 0.6) is 0 Å². The largest absolute Gasteiger partial charge is 0.464 e. The number of carbonyl (C=O) groups excluding carboxylic acids is 2. The Morgan fingerprint density at radius 3 is 2.15 bits per heavy atom. The monoisotopic (exact) mass is 287 g/mol. The topological polar surface area (TPSA) is 64.6 Å². The van der Waals surface area contributed by atoms with Crippen LogP contribution in [0.4, 0.5) is 4.79 Å². The van der Waals surface area contributed by atoms with Gasteiger partial charge >= 0.3 is 12.1 Å². The fourth-order valence-corrected chi connectivity index (χ4v) is 1.77. The summed E-state index contributed by atoms with van der Waals surface area (Å²) >= 11 is 0. The Morgan fingerprint density at radius 1 is 0.950 bits per heavy atom. The van der Waals surface area contributed by atoms with Gasteiger partial charge in [0.05, 0.1) is 13.2 Å². The van der Waals surface area contributed by atoms with Crippen molar-refractivity contribution in [3.05, 3.63) is 0 Å². The summed E-state index contributed by atoms with van der Waals surface area (Å²) in [7, 11) is 0. The number of rotatable bonds is 11. The van der Waals surface area contributed by atoms with E-state index in [1.807, 2.05) is 0 Å². The summed E-state index contributed by atoms with van der Waals surface area (Å²) in [5, 5.41) is 2.42. The third-order valence-corrected chi connectivity index (χ3v) is 2.96. The molecule has 5 heteroatoms. The number of ether oxygens (including phenoxy) is 2. The number of hydrogen-bond donors (Lipinski definition) is 1. The van der Waals surface area contributed by atoms with E-state index < -0.39 is 18.1 Å². The maximum atomic E-state index is 11.6. The predicted octanol–water partition coefficient (Wildman–Crippen LogP) is 3.41. The highest BCUT2D eigenvalue weighted by molar-refractivity contribution is 5.80. The first-order valence-electron chi connectivity index (χ1n) is 7.71. The quantitative estimate of drug-likeness (QED) is 0.467. The molecule has 0 aliphatic carbocycles. The highest BCUT2D eigenvalue weighted by atomic mass is 16.6. The van der Waals surface area contributed by atoms with Crippen molar-refractivity contribution in [1.29, 1.82) is 0 Å². The number of amides is 1. The van der Waals surface area contributed by atoms with E-state index >= 15 is 0 Å². The lowest BCUT2D eigenvalue weighted by Gasteiger charge is -2.12. The molecule has 0 unspecified atom stereocenters. The summed E-state index contributed by atoms with van der Waals surface area (Å²) in [4.78, 5) is 22.7. The van der Waals surface area contributed by atoms with Crippen molar-refractivity contribution >= 4 is 12.1 Å². The van der Waals surface area contributed by atoms with Crippen LogP contribution in [0.2, 0.25) is 0 Å². The van der Waals surface area contributed by atoms with E-state index in [4.69, 9.17) is 9.47 Å². The van der Waals surface area contributed by atoms with Crippen LogP contribution in [0.1, 0.15) is 65.7 Å². The van der Waals surface area contributed by atoms with Crippen LogP contribution in [0.15, 0.2) is 0 Å². The molecule has 0 saturated carbocycles. The zero-order valence-electron chi connectivity index (χ0n) is 13.1. The molecular formula is C15H29NO4. The van der Waals surface area contributed by atoms with Gasteiger partial charge in [-0.25, -0.2) is 9.59 Å². The molecule has 0 aromatic rings. The Morgan fingerprint density at radius 2 is 1.55 bits per heavy atom. The van der Waals surface area contributed by atoms with E-state index in [1.54, 1.807) is 13.8 Å².